The van der Waals surface area contributed by atoms with Gasteiger partial charge in [-0.05, 0) is 193 Å². The highest BCUT2D eigenvalue weighted by Gasteiger charge is 2.49. The SMILES string of the molecule is Cc1cc2c3c(c1)N(c1cccc4c1sc1ccccc14)c1cc(N(c4ccc(C(C)(C)C)cc4)c4ccc(C(C)(C)C)cc4)ccc1B3c1cc3c(cc1N2c1ccc2c(c1)C(C)(C)CCC2(C)C)C(C)(C)CC3(C)C. The summed E-state index contributed by atoms with van der Waals surface area (Å²) >= 11 is 1.92. The van der Waals surface area contributed by atoms with Crippen LogP contribution in [-0.4, -0.2) is 6.71 Å². The normalized spacial score (nSPS) is 17.5. The molecule has 13 rings (SSSR count). The molecule has 4 aliphatic rings. The lowest BCUT2D eigenvalue weighted by Gasteiger charge is -2.46. The van der Waals surface area contributed by atoms with Crippen molar-refractivity contribution < 1.29 is 0 Å². The molecule has 77 heavy (non-hydrogen) atoms. The van der Waals surface area contributed by atoms with Gasteiger partial charge in [0, 0.05) is 61.0 Å². The Morgan fingerprint density at radius 1 is 0.455 bits per heavy atom. The third-order valence-electron chi connectivity index (χ3n) is 18.6. The zero-order chi connectivity index (χ0) is 54.1. The van der Waals surface area contributed by atoms with Crippen LogP contribution in [0, 0.1) is 6.92 Å². The van der Waals surface area contributed by atoms with Gasteiger partial charge in [-0.1, -0.05) is 170 Å². The number of thiophene rings is 1. The smallest absolute Gasteiger partial charge is 0.252 e. The van der Waals surface area contributed by atoms with Crippen molar-refractivity contribution >= 4 is 106 Å². The summed E-state index contributed by atoms with van der Waals surface area (Å²) in [6, 6.07) is 59.9. The third-order valence-corrected chi connectivity index (χ3v) is 19.8. The molecule has 0 bridgehead atoms. The fourth-order valence-electron chi connectivity index (χ4n) is 14.5. The average molecular weight is 1030 g/mol. The Kier molecular flexibility index (Phi) is 10.9. The van der Waals surface area contributed by atoms with Crippen molar-refractivity contribution in [3.05, 3.63) is 191 Å². The minimum absolute atomic E-state index is 0.0165. The number of aryl methyl sites for hydroxylation is 1. The first kappa shape index (κ1) is 50.0. The second kappa shape index (κ2) is 16.7. The summed E-state index contributed by atoms with van der Waals surface area (Å²) in [5.74, 6) is 0. The van der Waals surface area contributed by atoms with Crippen LogP contribution in [0.15, 0.2) is 152 Å². The van der Waals surface area contributed by atoms with Crippen molar-refractivity contribution in [2.45, 2.75) is 156 Å². The summed E-state index contributed by atoms with van der Waals surface area (Å²) in [5, 5.41) is 2.61. The number of fused-ring (bicyclic) bond motifs is 9. The molecular formula is C72H76BN3S. The molecule has 3 heterocycles. The van der Waals surface area contributed by atoms with Crippen LogP contribution in [0.5, 0.6) is 0 Å². The Morgan fingerprint density at radius 3 is 1.64 bits per heavy atom. The molecule has 0 fully saturated rings. The monoisotopic (exact) mass is 1030 g/mol. The van der Waals surface area contributed by atoms with Gasteiger partial charge >= 0.3 is 0 Å². The van der Waals surface area contributed by atoms with E-state index in [2.05, 4.69) is 270 Å². The molecule has 388 valence electrons. The van der Waals surface area contributed by atoms with Gasteiger partial charge in [0.1, 0.15) is 0 Å². The van der Waals surface area contributed by atoms with E-state index in [9.17, 15) is 0 Å². The molecule has 2 aliphatic carbocycles. The van der Waals surface area contributed by atoms with Gasteiger partial charge in [-0.2, -0.15) is 0 Å². The Bertz CT molecular complexity index is 3830. The van der Waals surface area contributed by atoms with Crippen LogP contribution in [-0.2, 0) is 32.5 Å². The summed E-state index contributed by atoms with van der Waals surface area (Å²) in [6.45, 7) is 35.9. The van der Waals surface area contributed by atoms with E-state index >= 15 is 0 Å². The summed E-state index contributed by atoms with van der Waals surface area (Å²) in [7, 11) is 0. The number of hydrogen-bond donors (Lipinski definition) is 0. The van der Waals surface area contributed by atoms with E-state index < -0.39 is 0 Å². The zero-order valence-corrected chi connectivity index (χ0v) is 49.2. The van der Waals surface area contributed by atoms with Crippen LogP contribution >= 0.6 is 11.3 Å². The molecule has 0 amide bonds. The number of rotatable bonds is 5. The fourth-order valence-corrected chi connectivity index (χ4v) is 15.8. The molecular weight excluding hydrogens is 950 g/mol. The molecule has 0 spiro atoms. The van der Waals surface area contributed by atoms with E-state index in [0.29, 0.717) is 0 Å². The molecule has 2 aliphatic heterocycles. The van der Waals surface area contributed by atoms with Crippen LogP contribution in [0.2, 0.25) is 0 Å². The van der Waals surface area contributed by atoms with E-state index in [0.717, 1.165) is 23.5 Å². The summed E-state index contributed by atoms with van der Waals surface area (Å²) in [5.41, 5.74) is 25.2. The van der Waals surface area contributed by atoms with Crippen LogP contribution < -0.4 is 31.1 Å². The molecule has 8 aromatic carbocycles. The Labute approximate surface area is 464 Å². The second-order valence-corrected chi connectivity index (χ2v) is 29.2. The Hall–Kier alpha value is -6.56. The van der Waals surface area contributed by atoms with E-state index in [1.54, 1.807) is 0 Å². The van der Waals surface area contributed by atoms with Crippen molar-refractivity contribution in [1.29, 1.82) is 0 Å². The maximum Gasteiger partial charge on any atom is 0.252 e. The van der Waals surface area contributed by atoms with Gasteiger partial charge in [-0.25, -0.2) is 0 Å². The van der Waals surface area contributed by atoms with Gasteiger partial charge in [0.15, 0.2) is 0 Å². The van der Waals surface area contributed by atoms with Crippen molar-refractivity contribution in [2.24, 2.45) is 0 Å². The molecule has 0 N–H and O–H groups in total. The molecule has 9 aromatic rings. The number of nitrogens with zero attached hydrogens (tertiary/aromatic N) is 3. The van der Waals surface area contributed by atoms with Gasteiger partial charge in [0.2, 0.25) is 0 Å². The lowest BCUT2D eigenvalue weighted by Crippen LogP contribution is -2.61. The number of benzene rings is 8. The first-order valence-electron chi connectivity index (χ1n) is 28.5. The van der Waals surface area contributed by atoms with Gasteiger partial charge < -0.3 is 14.7 Å². The molecule has 0 saturated carbocycles. The summed E-state index contributed by atoms with van der Waals surface area (Å²) in [6.07, 6.45) is 3.47. The predicted octanol–water partition coefficient (Wildman–Crippen LogP) is 18.8. The average Bonchev–Trinajstić information content (AvgIpc) is 4.08. The minimum atomic E-state index is -0.0165. The first-order valence-corrected chi connectivity index (χ1v) is 29.3. The highest BCUT2D eigenvalue weighted by atomic mass is 32.1. The van der Waals surface area contributed by atoms with Crippen LogP contribution in [0.25, 0.3) is 20.2 Å². The Morgan fingerprint density at radius 2 is 1.00 bits per heavy atom. The molecule has 1 aromatic heterocycles. The summed E-state index contributed by atoms with van der Waals surface area (Å²) in [4.78, 5) is 7.85. The number of anilines is 9. The van der Waals surface area contributed by atoms with Gasteiger partial charge in [-0.3, -0.25) is 0 Å². The Balaban J connectivity index is 1.12. The van der Waals surface area contributed by atoms with Crippen LogP contribution in [0.1, 0.15) is 155 Å². The zero-order valence-electron chi connectivity index (χ0n) is 48.4. The standard InChI is InChI=1S/C72H76BN3S/c1-44-37-62-65-63(38-44)76(59-21-18-20-52-51-19-16-17-22-64(51)77-66(52)59)60-40-50(74(47-27-23-45(24-28-47)67(2,3)4)48-29-25-46(26-30-48)68(5,6)7)32-34-57(60)73(65)58-41-55-56(72(14,15)43-71(55,12)13)42-61(58)75(62)49-31-33-53-54(39-49)70(10,11)36-35-69(53,8)9/h16-34,37-42H,35-36,43H2,1-15H3. The maximum atomic E-state index is 2.69. The first-order chi connectivity index (χ1) is 36.3. The van der Waals surface area contributed by atoms with Crippen LogP contribution in [0.4, 0.5) is 51.2 Å². The van der Waals surface area contributed by atoms with E-state index in [4.69, 9.17) is 0 Å². The lowest BCUT2D eigenvalue weighted by molar-refractivity contribution is 0.332. The van der Waals surface area contributed by atoms with Crippen molar-refractivity contribution in [3.63, 3.8) is 0 Å². The van der Waals surface area contributed by atoms with E-state index in [1.165, 1.54) is 122 Å². The topological polar surface area (TPSA) is 9.72 Å². The highest BCUT2D eigenvalue weighted by Crippen LogP contribution is 2.55. The highest BCUT2D eigenvalue weighted by molar-refractivity contribution is 7.26. The van der Waals surface area contributed by atoms with Gasteiger partial charge in [0.25, 0.3) is 6.71 Å². The molecule has 3 nitrogen and oxygen atoms in total. The molecule has 5 heteroatoms. The van der Waals surface area contributed by atoms with Crippen LogP contribution in [0.3, 0.4) is 0 Å². The maximum absolute atomic E-state index is 2.69. The van der Waals surface area contributed by atoms with Crippen molar-refractivity contribution in [2.75, 3.05) is 14.7 Å². The molecule has 0 unspecified atom stereocenters. The fraction of sp³-hybridized carbons (Fsp3) is 0.333. The lowest BCUT2D eigenvalue weighted by atomic mass is 9.33. The van der Waals surface area contributed by atoms with Gasteiger partial charge in [-0.15, -0.1) is 11.3 Å². The molecule has 0 saturated heterocycles. The molecule has 0 radical (unpaired) electrons. The minimum Gasteiger partial charge on any atom is -0.311 e. The van der Waals surface area contributed by atoms with Gasteiger partial charge in [0.05, 0.1) is 10.4 Å². The number of hydrogen-bond acceptors (Lipinski definition) is 4. The largest absolute Gasteiger partial charge is 0.311 e. The summed E-state index contributed by atoms with van der Waals surface area (Å²) < 4.78 is 2.62. The van der Waals surface area contributed by atoms with E-state index in [-0.39, 0.29) is 39.2 Å². The second-order valence-electron chi connectivity index (χ2n) is 28.1. The predicted molar refractivity (Wildman–Crippen MR) is 336 cm³/mol. The van der Waals surface area contributed by atoms with E-state index in [1.807, 2.05) is 11.3 Å². The molecule has 0 atom stereocenters. The van der Waals surface area contributed by atoms with Crippen molar-refractivity contribution in [3.8, 4) is 0 Å². The third kappa shape index (κ3) is 7.78. The quantitative estimate of drug-likeness (QED) is 0.159. The van der Waals surface area contributed by atoms with Crippen molar-refractivity contribution in [1.82, 2.24) is 0 Å².